The van der Waals surface area contributed by atoms with Crippen molar-refractivity contribution in [2.75, 3.05) is 0 Å². The first-order valence-corrected chi connectivity index (χ1v) is 9.87. The van der Waals surface area contributed by atoms with Crippen molar-refractivity contribution in [2.45, 2.75) is 85.0 Å². The quantitative estimate of drug-likeness (QED) is 0.517. The van der Waals surface area contributed by atoms with Gasteiger partial charge in [0.2, 0.25) is 0 Å². The fourth-order valence-corrected chi connectivity index (χ4v) is 7.36. The molecule has 2 fully saturated rings. The number of fused-ring (bicyclic) bond motifs is 5. The van der Waals surface area contributed by atoms with Crippen LogP contribution in [0.15, 0.2) is 18.2 Å². The Bertz CT molecular complexity index is 625. The van der Waals surface area contributed by atoms with Gasteiger partial charge in [0.05, 0.1) is 0 Å². The third-order valence-electron chi connectivity index (χ3n) is 8.38. The first-order chi connectivity index (χ1) is 10.8. The Morgan fingerprint density at radius 2 is 1.70 bits per heavy atom. The lowest BCUT2D eigenvalue weighted by Crippen LogP contribution is -2.57. The highest BCUT2D eigenvalue weighted by molar-refractivity contribution is 5.41. The van der Waals surface area contributed by atoms with Crippen LogP contribution in [0.2, 0.25) is 0 Å². The van der Waals surface area contributed by atoms with Gasteiger partial charge in [-0.2, -0.15) is 0 Å². The van der Waals surface area contributed by atoms with E-state index in [2.05, 4.69) is 52.8 Å². The van der Waals surface area contributed by atoms with Gasteiger partial charge in [0.25, 0.3) is 0 Å². The zero-order valence-electron chi connectivity index (χ0n) is 15.8. The normalized spacial score (nSPS) is 41.6. The van der Waals surface area contributed by atoms with E-state index in [1.165, 1.54) is 50.5 Å². The van der Waals surface area contributed by atoms with Gasteiger partial charge in [-0.3, -0.25) is 0 Å². The van der Waals surface area contributed by atoms with E-state index in [0.717, 1.165) is 11.8 Å². The molecule has 4 atom stereocenters. The minimum absolute atomic E-state index is 0.415. The Hall–Kier alpha value is -0.780. The molecule has 0 bridgehead atoms. The average molecular weight is 311 g/mol. The molecule has 0 radical (unpaired) electrons. The van der Waals surface area contributed by atoms with Crippen LogP contribution in [0.25, 0.3) is 0 Å². The molecule has 0 aliphatic heterocycles. The monoisotopic (exact) mass is 310 g/mol. The molecule has 0 spiro atoms. The molecule has 126 valence electrons. The topological polar surface area (TPSA) is 0 Å². The van der Waals surface area contributed by atoms with E-state index in [1.807, 2.05) is 0 Å². The molecular weight excluding hydrogens is 276 g/mol. The summed E-state index contributed by atoms with van der Waals surface area (Å²) in [6, 6.07) is 7.27. The van der Waals surface area contributed by atoms with E-state index >= 15 is 0 Å². The highest BCUT2D eigenvalue weighted by atomic mass is 14.6. The first-order valence-electron chi connectivity index (χ1n) is 9.87. The van der Waals surface area contributed by atoms with E-state index < -0.39 is 0 Å². The van der Waals surface area contributed by atoms with Crippen LogP contribution in [0.1, 0.15) is 82.9 Å². The average Bonchev–Trinajstić information content (AvgIpc) is 2.46. The van der Waals surface area contributed by atoms with Gasteiger partial charge in [0.15, 0.2) is 0 Å². The summed E-state index contributed by atoms with van der Waals surface area (Å²) in [5.74, 6) is 1.80. The molecule has 3 aliphatic carbocycles. The molecule has 0 aromatic heterocycles. The predicted octanol–water partition coefficient (Wildman–Crippen LogP) is 6.44. The van der Waals surface area contributed by atoms with Crippen molar-refractivity contribution in [3.8, 4) is 0 Å². The van der Waals surface area contributed by atoms with Gasteiger partial charge in [0, 0.05) is 0 Å². The summed E-state index contributed by atoms with van der Waals surface area (Å²) in [6.45, 7) is 12.7. The lowest BCUT2D eigenvalue weighted by Gasteiger charge is -2.64. The van der Waals surface area contributed by atoms with Gasteiger partial charge < -0.3 is 0 Å². The highest BCUT2D eigenvalue weighted by Crippen LogP contribution is 2.66. The smallest absolute Gasteiger partial charge is 0.00387 e. The fraction of sp³-hybridized carbons (Fsp3) is 0.739. The van der Waals surface area contributed by atoms with Crippen LogP contribution in [0.5, 0.6) is 0 Å². The molecule has 0 heterocycles. The summed E-state index contributed by atoms with van der Waals surface area (Å²) in [6.07, 6.45) is 9.89. The molecule has 1 aromatic carbocycles. The van der Waals surface area contributed by atoms with Crippen molar-refractivity contribution >= 4 is 0 Å². The van der Waals surface area contributed by atoms with Crippen molar-refractivity contribution in [2.24, 2.45) is 22.7 Å². The Labute approximate surface area is 143 Å². The SMILES string of the molecule is Cc1ccc2c(c1)[C@]1(C)CCC3C(C)(C)CCC[C@]3(C)C1CC2. The second kappa shape index (κ2) is 4.87. The molecule has 1 aromatic rings. The summed E-state index contributed by atoms with van der Waals surface area (Å²) in [5.41, 5.74) is 6.31. The van der Waals surface area contributed by atoms with Gasteiger partial charge in [-0.05, 0) is 84.7 Å². The maximum absolute atomic E-state index is 2.67. The summed E-state index contributed by atoms with van der Waals surface area (Å²) in [7, 11) is 0. The number of aryl methyl sites for hydroxylation is 2. The van der Waals surface area contributed by atoms with Gasteiger partial charge in [0.1, 0.15) is 0 Å². The molecular formula is C23H34. The van der Waals surface area contributed by atoms with Crippen molar-refractivity contribution in [3.63, 3.8) is 0 Å². The lowest BCUT2D eigenvalue weighted by molar-refractivity contribution is -0.110. The third kappa shape index (κ3) is 2.09. The third-order valence-corrected chi connectivity index (χ3v) is 8.38. The van der Waals surface area contributed by atoms with E-state index in [4.69, 9.17) is 0 Å². The maximum atomic E-state index is 2.67. The number of benzene rings is 1. The fourth-order valence-electron chi connectivity index (χ4n) is 7.36. The molecule has 0 heteroatoms. The van der Waals surface area contributed by atoms with Crippen LogP contribution >= 0.6 is 0 Å². The van der Waals surface area contributed by atoms with Crippen LogP contribution in [0.4, 0.5) is 0 Å². The minimum Gasteiger partial charge on any atom is -0.0596 e. The van der Waals surface area contributed by atoms with Gasteiger partial charge in [-0.15, -0.1) is 0 Å². The van der Waals surface area contributed by atoms with Crippen molar-refractivity contribution in [3.05, 3.63) is 34.9 Å². The number of hydrogen-bond donors (Lipinski definition) is 0. The van der Waals surface area contributed by atoms with E-state index in [9.17, 15) is 0 Å². The molecule has 0 amide bonds. The van der Waals surface area contributed by atoms with Gasteiger partial charge in [-0.25, -0.2) is 0 Å². The predicted molar refractivity (Wildman–Crippen MR) is 98.8 cm³/mol. The largest absolute Gasteiger partial charge is 0.0596 e. The van der Waals surface area contributed by atoms with E-state index in [1.54, 1.807) is 11.1 Å². The standard InChI is InChI=1S/C23H34/c1-16-7-8-17-9-10-20-22(4,18(17)15-16)14-11-19-21(2,3)12-6-13-23(19,20)5/h7-8,15,19-20H,6,9-14H2,1-5H3/t19?,20?,22-,23-/m0/s1. The molecule has 23 heavy (non-hydrogen) atoms. The summed E-state index contributed by atoms with van der Waals surface area (Å²) >= 11 is 0. The van der Waals surface area contributed by atoms with Crippen molar-refractivity contribution in [1.29, 1.82) is 0 Å². The molecule has 2 unspecified atom stereocenters. The zero-order valence-corrected chi connectivity index (χ0v) is 15.8. The lowest BCUT2D eigenvalue weighted by atomic mass is 9.40. The zero-order chi connectivity index (χ0) is 16.5. The summed E-state index contributed by atoms with van der Waals surface area (Å²) in [4.78, 5) is 0. The van der Waals surface area contributed by atoms with Crippen molar-refractivity contribution < 1.29 is 0 Å². The molecule has 0 nitrogen and oxygen atoms in total. The Balaban J connectivity index is 1.81. The minimum atomic E-state index is 0.415. The van der Waals surface area contributed by atoms with Crippen LogP contribution in [0.3, 0.4) is 0 Å². The summed E-state index contributed by atoms with van der Waals surface area (Å²) < 4.78 is 0. The molecule has 3 aliphatic rings. The highest BCUT2D eigenvalue weighted by Gasteiger charge is 2.59. The van der Waals surface area contributed by atoms with Crippen LogP contribution < -0.4 is 0 Å². The maximum Gasteiger partial charge on any atom is -0.00387 e. The molecule has 2 saturated carbocycles. The second-order valence-electron chi connectivity index (χ2n) is 10.1. The molecule has 0 N–H and O–H groups in total. The molecule has 4 rings (SSSR count). The first kappa shape index (κ1) is 15.7. The van der Waals surface area contributed by atoms with E-state index in [-0.39, 0.29) is 0 Å². The van der Waals surface area contributed by atoms with Crippen LogP contribution in [-0.2, 0) is 11.8 Å². The Morgan fingerprint density at radius 1 is 0.913 bits per heavy atom. The Kier molecular flexibility index (Phi) is 3.33. The molecule has 0 saturated heterocycles. The van der Waals surface area contributed by atoms with Crippen LogP contribution in [0, 0.1) is 29.6 Å². The van der Waals surface area contributed by atoms with Crippen LogP contribution in [-0.4, -0.2) is 0 Å². The van der Waals surface area contributed by atoms with E-state index in [0.29, 0.717) is 16.2 Å². The van der Waals surface area contributed by atoms with Gasteiger partial charge >= 0.3 is 0 Å². The number of hydrogen-bond acceptors (Lipinski definition) is 0. The second-order valence-corrected chi connectivity index (χ2v) is 10.1. The van der Waals surface area contributed by atoms with Gasteiger partial charge in [-0.1, -0.05) is 57.9 Å². The van der Waals surface area contributed by atoms with Crippen molar-refractivity contribution in [1.82, 2.24) is 0 Å². The summed E-state index contributed by atoms with van der Waals surface area (Å²) in [5, 5.41) is 0. The number of rotatable bonds is 0. The Morgan fingerprint density at radius 3 is 2.48 bits per heavy atom.